The monoisotopic (exact) mass is 276 g/mol. The lowest BCUT2D eigenvalue weighted by molar-refractivity contribution is -0.134. The average molecular weight is 276 g/mol. The molecule has 0 saturated carbocycles. The summed E-state index contributed by atoms with van der Waals surface area (Å²) in [4.78, 5) is 8.20. The summed E-state index contributed by atoms with van der Waals surface area (Å²) in [5, 5.41) is 5.91. The van der Waals surface area contributed by atoms with Crippen molar-refractivity contribution in [1.82, 2.24) is 9.97 Å². The fourth-order valence-corrected chi connectivity index (χ4v) is 1.78. The molecule has 0 aliphatic heterocycles. The molecule has 0 aliphatic carbocycles. The Kier molecular flexibility index (Phi) is 5.38. The largest absolute Gasteiger partial charge is 0.389 e. The minimum Gasteiger partial charge on any atom is -0.373 e. The van der Waals surface area contributed by atoms with Gasteiger partial charge in [-0.05, 0) is 12.3 Å². The van der Waals surface area contributed by atoms with Gasteiger partial charge in [0, 0.05) is 25.6 Å². The minimum atomic E-state index is -4.11. The van der Waals surface area contributed by atoms with Gasteiger partial charge in [-0.15, -0.1) is 0 Å². The Bertz CT molecular complexity index is 404. The van der Waals surface area contributed by atoms with Crippen LogP contribution in [-0.4, -0.2) is 29.7 Å². The predicted octanol–water partition coefficient (Wildman–Crippen LogP) is 3.40. The van der Waals surface area contributed by atoms with E-state index in [1.165, 1.54) is 6.33 Å². The summed E-state index contributed by atoms with van der Waals surface area (Å²) < 4.78 is 36.1. The van der Waals surface area contributed by atoms with Gasteiger partial charge in [0.1, 0.15) is 18.0 Å². The summed E-state index contributed by atoms with van der Waals surface area (Å²) in [6.07, 6.45) is -3.48. The van der Waals surface area contributed by atoms with E-state index in [2.05, 4.69) is 20.6 Å². The molecule has 108 valence electrons. The molecule has 0 amide bonds. The third-order valence-corrected chi connectivity index (χ3v) is 2.63. The van der Waals surface area contributed by atoms with Crippen molar-refractivity contribution in [2.45, 2.75) is 38.8 Å². The summed E-state index contributed by atoms with van der Waals surface area (Å²) in [6.45, 7) is 4.21. The van der Waals surface area contributed by atoms with Crippen molar-refractivity contribution in [3.05, 3.63) is 11.9 Å². The lowest BCUT2D eigenvalue weighted by Gasteiger charge is -2.16. The Morgan fingerprint density at radius 3 is 2.37 bits per heavy atom. The van der Waals surface area contributed by atoms with E-state index in [1.54, 1.807) is 7.05 Å². The molecule has 1 aromatic rings. The molecule has 0 unspecified atom stereocenters. The maximum atomic E-state index is 12.0. The van der Waals surface area contributed by atoms with Crippen molar-refractivity contribution in [3.63, 3.8) is 0 Å². The first-order chi connectivity index (χ1) is 8.85. The number of aromatic nitrogens is 2. The van der Waals surface area contributed by atoms with E-state index in [-0.39, 0.29) is 18.9 Å². The lowest BCUT2D eigenvalue weighted by atomic mass is 10.0. The number of halogens is 3. The van der Waals surface area contributed by atoms with E-state index in [9.17, 15) is 13.2 Å². The molecule has 0 saturated heterocycles. The van der Waals surface area contributed by atoms with Gasteiger partial charge in [-0.3, -0.25) is 0 Å². The number of hydrogen-bond acceptors (Lipinski definition) is 4. The van der Waals surface area contributed by atoms with E-state index < -0.39 is 12.6 Å². The highest BCUT2D eigenvalue weighted by atomic mass is 19.4. The second-order valence-electron chi connectivity index (χ2n) is 4.53. The SMILES string of the molecule is CNc1ncnc(NCCCC(F)(F)F)c1C(C)C. The number of hydrogen-bond donors (Lipinski definition) is 2. The summed E-state index contributed by atoms with van der Waals surface area (Å²) >= 11 is 0. The molecule has 0 aromatic carbocycles. The van der Waals surface area contributed by atoms with Crippen LogP contribution in [0.2, 0.25) is 0 Å². The highest BCUT2D eigenvalue weighted by molar-refractivity contribution is 5.58. The van der Waals surface area contributed by atoms with Crippen LogP contribution in [0.1, 0.15) is 38.2 Å². The molecule has 0 bridgehead atoms. The average Bonchev–Trinajstić information content (AvgIpc) is 2.32. The second kappa shape index (κ2) is 6.58. The highest BCUT2D eigenvalue weighted by Gasteiger charge is 2.26. The molecule has 0 atom stereocenters. The first-order valence-electron chi connectivity index (χ1n) is 6.18. The maximum absolute atomic E-state index is 12.0. The number of nitrogens with one attached hydrogen (secondary N) is 2. The van der Waals surface area contributed by atoms with Crippen molar-refractivity contribution in [2.75, 3.05) is 24.2 Å². The van der Waals surface area contributed by atoms with Crippen molar-refractivity contribution < 1.29 is 13.2 Å². The first kappa shape index (κ1) is 15.5. The van der Waals surface area contributed by atoms with Crippen molar-refractivity contribution in [3.8, 4) is 0 Å². The van der Waals surface area contributed by atoms with Crippen molar-refractivity contribution in [1.29, 1.82) is 0 Å². The van der Waals surface area contributed by atoms with Crippen LogP contribution in [0.4, 0.5) is 24.8 Å². The van der Waals surface area contributed by atoms with E-state index in [4.69, 9.17) is 0 Å². The zero-order valence-electron chi connectivity index (χ0n) is 11.3. The standard InChI is InChI=1S/C12H19F3N4/c1-8(2)9-10(16-3)18-7-19-11(9)17-6-4-5-12(13,14)15/h7-8H,4-6H2,1-3H3,(H2,16,17,18,19). The van der Waals surface area contributed by atoms with Gasteiger partial charge in [0.2, 0.25) is 0 Å². The summed E-state index contributed by atoms with van der Waals surface area (Å²) in [6, 6.07) is 0. The van der Waals surface area contributed by atoms with E-state index in [0.29, 0.717) is 11.6 Å². The molecule has 0 radical (unpaired) electrons. The molecule has 1 heterocycles. The number of rotatable bonds is 6. The lowest BCUT2D eigenvalue weighted by Crippen LogP contribution is -2.13. The van der Waals surface area contributed by atoms with Gasteiger partial charge >= 0.3 is 6.18 Å². The molecule has 0 spiro atoms. The fourth-order valence-electron chi connectivity index (χ4n) is 1.78. The normalized spacial score (nSPS) is 11.7. The second-order valence-corrected chi connectivity index (χ2v) is 4.53. The van der Waals surface area contributed by atoms with Crippen LogP contribution in [0, 0.1) is 0 Å². The highest BCUT2D eigenvalue weighted by Crippen LogP contribution is 2.28. The van der Waals surface area contributed by atoms with E-state index in [1.807, 2.05) is 13.8 Å². The summed E-state index contributed by atoms with van der Waals surface area (Å²) in [5.74, 6) is 1.47. The van der Waals surface area contributed by atoms with Crippen LogP contribution in [0.5, 0.6) is 0 Å². The Balaban J connectivity index is 2.68. The molecule has 1 rings (SSSR count). The van der Waals surface area contributed by atoms with Crippen LogP contribution in [0.15, 0.2) is 6.33 Å². The number of alkyl halides is 3. The molecular formula is C12H19F3N4. The van der Waals surface area contributed by atoms with Crippen LogP contribution < -0.4 is 10.6 Å². The van der Waals surface area contributed by atoms with E-state index in [0.717, 1.165) is 5.56 Å². The Morgan fingerprint density at radius 1 is 1.21 bits per heavy atom. The minimum absolute atomic E-state index is 0.0277. The van der Waals surface area contributed by atoms with Gasteiger partial charge in [0.15, 0.2) is 0 Å². The molecule has 4 nitrogen and oxygen atoms in total. The zero-order chi connectivity index (χ0) is 14.5. The Morgan fingerprint density at radius 2 is 1.84 bits per heavy atom. The molecular weight excluding hydrogens is 257 g/mol. The van der Waals surface area contributed by atoms with Gasteiger partial charge in [0.05, 0.1) is 0 Å². The summed E-state index contributed by atoms with van der Waals surface area (Å²) in [5.41, 5.74) is 0.886. The quantitative estimate of drug-likeness (QED) is 0.782. The van der Waals surface area contributed by atoms with Gasteiger partial charge in [-0.25, -0.2) is 9.97 Å². The van der Waals surface area contributed by atoms with Crippen LogP contribution >= 0.6 is 0 Å². The van der Waals surface area contributed by atoms with Crippen LogP contribution in [0.3, 0.4) is 0 Å². The molecule has 1 aromatic heterocycles. The van der Waals surface area contributed by atoms with Crippen molar-refractivity contribution in [2.24, 2.45) is 0 Å². The van der Waals surface area contributed by atoms with Gasteiger partial charge in [-0.2, -0.15) is 13.2 Å². The molecule has 0 aliphatic rings. The third-order valence-electron chi connectivity index (χ3n) is 2.63. The topological polar surface area (TPSA) is 49.8 Å². The predicted molar refractivity (Wildman–Crippen MR) is 69.4 cm³/mol. The van der Waals surface area contributed by atoms with E-state index >= 15 is 0 Å². The molecule has 19 heavy (non-hydrogen) atoms. The van der Waals surface area contributed by atoms with Gasteiger partial charge in [-0.1, -0.05) is 13.8 Å². The Labute approximate surface area is 110 Å². The molecule has 7 heteroatoms. The maximum Gasteiger partial charge on any atom is 0.389 e. The summed E-state index contributed by atoms with van der Waals surface area (Å²) in [7, 11) is 1.75. The molecule has 2 N–H and O–H groups in total. The van der Waals surface area contributed by atoms with Crippen LogP contribution in [-0.2, 0) is 0 Å². The number of nitrogens with zero attached hydrogens (tertiary/aromatic N) is 2. The smallest absolute Gasteiger partial charge is 0.373 e. The molecule has 0 fully saturated rings. The van der Waals surface area contributed by atoms with Gasteiger partial charge < -0.3 is 10.6 Å². The number of anilines is 2. The Hall–Kier alpha value is -1.53. The van der Waals surface area contributed by atoms with Gasteiger partial charge in [0.25, 0.3) is 0 Å². The zero-order valence-corrected chi connectivity index (χ0v) is 11.3. The van der Waals surface area contributed by atoms with Crippen LogP contribution in [0.25, 0.3) is 0 Å². The van der Waals surface area contributed by atoms with Crippen molar-refractivity contribution >= 4 is 11.6 Å². The fraction of sp³-hybridized carbons (Fsp3) is 0.667. The third kappa shape index (κ3) is 4.92. The first-order valence-corrected chi connectivity index (χ1v) is 6.18.